The summed E-state index contributed by atoms with van der Waals surface area (Å²) in [5.41, 5.74) is 5.50. The first-order valence-electron chi connectivity index (χ1n) is 14.1. The van der Waals surface area contributed by atoms with Crippen LogP contribution in [-0.2, 0) is 9.53 Å². The summed E-state index contributed by atoms with van der Waals surface area (Å²) in [6.07, 6.45) is 29.2. The van der Waals surface area contributed by atoms with Crippen molar-refractivity contribution in [2.45, 2.75) is 123 Å². The van der Waals surface area contributed by atoms with Crippen LogP contribution in [0.25, 0.3) is 0 Å². The molecule has 0 bridgehead atoms. The van der Waals surface area contributed by atoms with Crippen LogP contribution in [0.3, 0.4) is 0 Å². The number of nitrogens with two attached hydrogens (primary N) is 1. The van der Waals surface area contributed by atoms with E-state index in [-0.39, 0.29) is 5.91 Å². The second-order valence-corrected chi connectivity index (χ2v) is 9.12. The van der Waals surface area contributed by atoms with Crippen LogP contribution in [0.4, 0.5) is 0 Å². The second-order valence-electron chi connectivity index (χ2n) is 9.12. The molecular weight excluding hydrogens is 408 g/mol. The maximum absolute atomic E-state index is 12.2. The van der Waals surface area contributed by atoms with Crippen LogP contribution < -0.4 is 5.73 Å². The molecule has 0 aromatic rings. The van der Waals surface area contributed by atoms with Crippen molar-refractivity contribution in [3.63, 3.8) is 0 Å². The van der Waals surface area contributed by atoms with Crippen molar-refractivity contribution in [2.75, 3.05) is 32.8 Å². The summed E-state index contributed by atoms with van der Waals surface area (Å²) in [6.45, 7) is 8.26. The number of ether oxygens (including phenoxy) is 1. The molecule has 0 aromatic heterocycles. The highest BCUT2D eigenvalue weighted by molar-refractivity contribution is 5.76. The molecule has 0 atom stereocenters. The van der Waals surface area contributed by atoms with Gasteiger partial charge < -0.3 is 15.4 Å². The minimum absolute atomic E-state index is 0.277. The molecule has 0 aliphatic rings. The van der Waals surface area contributed by atoms with Crippen LogP contribution >= 0.6 is 0 Å². The number of carbonyl (C=O) groups excluding carboxylic acids is 1. The molecular formula is C29H56N2O2. The Bertz CT molecular complexity index is 463. The number of nitrogens with zero attached hydrogens (tertiary/aromatic N) is 1. The fraction of sp³-hybridized carbons (Fsp3) is 0.828. The van der Waals surface area contributed by atoms with Gasteiger partial charge in [0.2, 0.25) is 5.91 Å². The van der Waals surface area contributed by atoms with E-state index in [1.165, 1.54) is 64.2 Å². The van der Waals surface area contributed by atoms with E-state index in [2.05, 4.69) is 38.2 Å². The SMILES string of the molecule is CCCCC/C=C\C/C=C\CCCCCCCCOCCCN(CC)C(=O)CCCCCN. The highest BCUT2D eigenvalue weighted by atomic mass is 16.5. The third kappa shape index (κ3) is 23.8. The smallest absolute Gasteiger partial charge is 0.222 e. The Hall–Kier alpha value is -1.13. The Morgan fingerprint density at radius 2 is 1.33 bits per heavy atom. The predicted octanol–water partition coefficient (Wildman–Crippen LogP) is 7.57. The van der Waals surface area contributed by atoms with Crippen LogP contribution in [0.5, 0.6) is 0 Å². The zero-order valence-corrected chi connectivity index (χ0v) is 22.2. The molecule has 4 nitrogen and oxygen atoms in total. The molecule has 0 heterocycles. The number of unbranched alkanes of at least 4 members (excludes halogenated alkanes) is 11. The lowest BCUT2D eigenvalue weighted by atomic mass is 10.1. The quantitative estimate of drug-likeness (QED) is 0.112. The Kier molecular flexibility index (Phi) is 26.2. The van der Waals surface area contributed by atoms with Crippen LogP contribution in [0, 0.1) is 0 Å². The van der Waals surface area contributed by atoms with Crippen LogP contribution in [0.15, 0.2) is 24.3 Å². The van der Waals surface area contributed by atoms with E-state index >= 15 is 0 Å². The second kappa shape index (κ2) is 27.1. The van der Waals surface area contributed by atoms with Crippen molar-refractivity contribution >= 4 is 5.91 Å². The molecule has 0 saturated heterocycles. The first-order chi connectivity index (χ1) is 16.3. The zero-order chi connectivity index (χ0) is 24.2. The van der Waals surface area contributed by atoms with Gasteiger partial charge in [0.05, 0.1) is 0 Å². The largest absolute Gasteiger partial charge is 0.381 e. The van der Waals surface area contributed by atoms with Gasteiger partial charge in [-0.15, -0.1) is 0 Å². The van der Waals surface area contributed by atoms with Gasteiger partial charge in [0.15, 0.2) is 0 Å². The van der Waals surface area contributed by atoms with Crippen molar-refractivity contribution in [1.82, 2.24) is 4.90 Å². The van der Waals surface area contributed by atoms with Crippen LogP contribution in [0.1, 0.15) is 123 Å². The monoisotopic (exact) mass is 464 g/mol. The van der Waals surface area contributed by atoms with Gasteiger partial charge in [0.1, 0.15) is 0 Å². The van der Waals surface area contributed by atoms with Crippen molar-refractivity contribution in [2.24, 2.45) is 5.73 Å². The topological polar surface area (TPSA) is 55.6 Å². The fourth-order valence-electron chi connectivity index (χ4n) is 3.87. The Labute approximate surface area is 206 Å². The van der Waals surface area contributed by atoms with Crippen molar-refractivity contribution < 1.29 is 9.53 Å². The number of carbonyl (C=O) groups is 1. The minimum atomic E-state index is 0.277. The highest BCUT2D eigenvalue weighted by Crippen LogP contribution is 2.09. The molecule has 0 fully saturated rings. The first kappa shape index (κ1) is 31.9. The lowest BCUT2D eigenvalue weighted by molar-refractivity contribution is -0.131. The molecule has 0 rings (SSSR count). The van der Waals surface area contributed by atoms with Gasteiger partial charge in [-0.05, 0) is 71.3 Å². The lowest BCUT2D eigenvalue weighted by Gasteiger charge is -2.21. The lowest BCUT2D eigenvalue weighted by Crippen LogP contribution is -2.32. The third-order valence-corrected chi connectivity index (χ3v) is 6.04. The zero-order valence-electron chi connectivity index (χ0n) is 22.2. The van der Waals surface area contributed by atoms with Crippen LogP contribution in [-0.4, -0.2) is 43.7 Å². The Balaban J connectivity index is 3.38. The summed E-state index contributed by atoms with van der Waals surface area (Å²) in [7, 11) is 0. The molecule has 0 unspecified atom stereocenters. The van der Waals surface area contributed by atoms with E-state index in [9.17, 15) is 4.79 Å². The van der Waals surface area contributed by atoms with E-state index in [1.54, 1.807) is 0 Å². The Morgan fingerprint density at radius 3 is 2.00 bits per heavy atom. The van der Waals surface area contributed by atoms with Gasteiger partial charge in [0.25, 0.3) is 0 Å². The molecule has 1 amide bonds. The van der Waals surface area contributed by atoms with Crippen molar-refractivity contribution in [3.8, 4) is 0 Å². The maximum Gasteiger partial charge on any atom is 0.222 e. The van der Waals surface area contributed by atoms with Gasteiger partial charge >= 0.3 is 0 Å². The maximum atomic E-state index is 12.2. The molecule has 2 N–H and O–H groups in total. The molecule has 194 valence electrons. The van der Waals surface area contributed by atoms with E-state index in [1.807, 2.05) is 4.90 Å². The van der Waals surface area contributed by atoms with Gasteiger partial charge in [0, 0.05) is 32.7 Å². The minimum Gasteiger partial charge on any atom is -0.381 e. The number of amides is 1. The molecule has 0 radical (unpaired) electrons. The molecule has 0 saturated carbocycles. The summed E-state index contributed by atoms with van der Waals surface area (Å²) in [5, 5.41) is 0. The van der Waals surface area contributed by atoms with Gasteiger partial charge in [-0.25, -0.2) is 0 Å². The number of allylic oxidation sites excluding steroid dienone is 4. The summed E-state index contributed by atoms with van der Waals surface area (Å²) >= 11 is 0. The van der Waals surface area contributed by atoms with E-state index in [4.69, 9.17) is 10.5 Å². The molecule has 0 spiro atoms. The third-order valence-electron chi connectivity index (χ3n) is 6.04. The highest BCUT2D eigenvalue weighted by Gasteiger charge is 2.10. The fourth-order valence-corrected chi connectivity index (χ4v) is 3.87. The molecule has 33 heavy (non-hydrogen) atoms. The normalized spacial score (nSPS) is 11.7. The first-order valence-corrected chi connectivity index (χ1v) is 14.1. The van der Waals surface area contributed by atoms with Crippen molar-refractivity contribution in [3.05, 3.63) is 24.3 Å². The molecule has 0 aliphatic heterocycles. The van der Waals surface area contributed by atoms with Gasteiger partial charge in [-0.2, -0.15) is 0 Å². The van der Waals surface area contributed by atoms with E-state index in [0.29, 0.717) is 6.42 Å². The standard InChI is InChI=1S/C29H56N2O2/c1-3-5-6-7-8-9-10-11-12-13-14-15-16-17-18-22-27-33-28-23-26-31(4-2)29(32)24-20-19-21-25-30/h8-9,11-12H,3-7,10,13-28,30H2,1-2H3/b9-8-,12-11-. The summed E-state index contributed by atoms with van der Waals surface area (Å²) < 4.78 is 5.77. The van der Waals surface area contributed by atoms with Gasteiger partial charge in [-0.1, -0.05) is 76.2 Å². The Morgan fingerprint density at radius 1 is 0.727 bits per heavy atom. The van der Waals surface area contributed by atoms with Crippen molar-refractivity contribution in [1.29, 1.82) is 0 Å². The number of hydrogen-bond donors (Lipinski definition) is 1. The molecule has 4 heteroatoms. The van der Waals surface area contributed by atoms with Crippen LogP contribution in [0.2, 0.25) is 0 Å². The van der Waals surface area contributed by atoms with Gasteiger partial charge in [-0.3, -0.25) is 4.79 Å². The van der Waals surface area contributed by atoms with E-state index in [0.717, 1.165) is 71.4 Å². The average Bonchev–Trinajstić information content (AvgIpc) is 2.82. The number of hydrogen-bond acceptors (Lipinski definition) is 3. The summed E-state index contributed by atoms with van der Waals surface area (Å²) in [5.74, 6) is 0.277. The number of rotatable bonds is 25. The molecule has 0 aromatic carbocycles. The predicted molar refractivity (Wildman–Crippen MR) is 145 cm³/mol. The van der Waals surface area contributed by atoms with E-state index < -0.39 is 0 Å². The summed E-state index contributed by atoms with van der Waals surface area (Å²) in [4.78, 5) is 14.2. The molecule has 0 aliphatic carbocycles. The summed E-state index contributed by atoms with van der Waals surface area (Å²) in [6, 6.07) is 0. The average molecular weight is 465 g/mol.